The molecular formula is C13H20N4O. The van der Waals surface area contributed by atoms with E-state index in [0.29, 0.717) is 17.3 Å². The van der Waals surface area contributed by atoms with Gasteiger partial charge in [0, 0.05) is 18.8 Å². The number of pyridine rings is 1. The van der Waals surface area contributed by atoms with Crippen molar-refractivity contribution in [2.45, 2.75) is 32.7 Å². The number of piperidine rings is 1. The van der Waals surface area contributed by atoms with Gasteiger partial charge >= 0.3 is 0 Å². The first-order valence-corrected chi connectivity index (χ1v) is 6.37. The van der Waals surface area contributed by atoms with Gasteiger partial charge in [-0.15, -0.1) is 0 Å². The molecule has 98 valence electrons. The van der Waals surface area contributed by atoms with Gasteiger partial charge in [-0.2, -0.15) is 0 Å². The van der Waals surface area contributed by atoms with Gasteiger partial charge in [0.15, 0.2) is 5.82 Å². The Bertz CT molecular complexity index is 435. The molecule has 0 spiro atoms. The lowest BCUT2D eigenvalue weighted by Gasteiger charge is -2.38. The Hall–Kier alpha value is -1.62. The largest absolute Gasteiger partial charge is 0.336 e. The SMILES string of the molecule is CC1CCCN(C(=O)c2cccnc2NN)C1C. The van der Waals surface area contributed by atoms with Gasteiger partial charge in [-0.3, -0.25) is 4.79 Å². The Morgan fingerprint density at radius 2 is 2.33 bits per heavy atom. The van der Waals surface area contributed by atoms with Gasteiger partial charge in [0.25, 0.3) is 5.91 Å². The third-order valence-corrected chi connectivity index (χ3v) is 3.81. The molecule has 18 heavy (non-hydrogen) atoms. The third kappa shape index (κ3) is 2.31. The van der Waals surface area contributed by atoms with Crippen LogP contribution >= 0.6 is 0 Å². The van der Waals surface area contributed by atoms with Crippen molar-refractivity contribution in [2.75, 3.05) is 12.0 Å². The van der Waals surface area contributed by atoms with Crippen molar-refractivity contribution < 1.29 is 4.79 Å². The fourth-order valence-electron chi connectivity index (χ4n) is 2.47. The summed E-state index contributed by atoms with van der Waals surface area (Å²) in [5, 5.41) is 0. The number of nitrogens with two attached hydrogens (primary N) is 1. The predicted molar refractivity (Wildman–Crippen MR) is 70.9 cm³/mol. The molecule has 0 aliphatic carbocycles. The van der Waals surface area contributed by atoms with E-state index in [4.69, 9.17) is 5.84 Å². The maximum Gasteiger partial charge on any atom is 0.257 e. The van der Waals surface area contributed by atoms with E-state index >= 15 is 0 Å². The molecule has 2 atom stereocenters. The smallest absolute Gasteiger partial charge is 0.257 e. The van der Waals surface area contributed by atoms with Crippen LogP contribution in [0.1, 0.15) is 37.0 Å². The summed E-state index contributed by atoms with van der Waals surface area (Å²) in [4.78, 5) is 18.5. The Balaban J connectivity index is 2.25. The van der Waals surface area contributed by atoms with Crippen LogP contribution in [0.15, 0.2) is 18.3 Å². The number of hydrazine groups is 1. The van der Waals surface area contributed by atoms with Gasteiger partial charge in [-0.1, -0.05) is 6.92 Å². The predicted octanol–water partition coefficient (Wildman–Crippen LogP) is 1.63. The average Bonchev–Trinajstić information content (AvgIpc) is 2.41. The maximum atomic E-state index is 12.5. The molecule has 2 heterocycles. The average molecular weight is 248 g/mol. The number of nitrogen functional groups attached to an aromatic ring is 1. The van der Waals surface area contributed by atoms with Crippen LogP contribution in [0, 0.1) is 5.92 Å². The van der Waals surface area contributed by atoms with E-state index in [1.54, 1.807) is 18.3 Å². The van der Waals surface area contributed by atoms with Gasteiger partial charge < -0.3 is 10.3 Å². The molecule has 0 radical (unpaired) electrons. The van der Waals surface area contributed by atoms with E-state index in [-0.39, 0.29) is 11.9 Å². The summed E-state index contributed by atoms with van der Waals surface area (Å²) in [6.07, 6.45) is 3.86. The molecule has 1 saturated heterocycles. The first-order valence-electron chi connectivity index (χ1n) is 6.37. The molecule has 0 bridgehead atoms. The maximum absolute atomic E-state index is 12.5. The minimum absolute atomic E-state index is 0.00935. The summed E-state index contributed by atoms with van der Waals surface area (Å²) >= 11 is 0. The lowest BCUT2D eigenvalue weighted by Crippen LogP contribution is -2.46. The van der Waals surface area contributed by atoms with Crippen molar-refractivity contribution in [1.82, 2.24) is 9.88 Å². The zero-order valence-corrected chi connectivity index (χ0v) is 10.9. The van der Waals surface area contributed by atoms with Crippen LogP contribution in [0.4, 0.5) is 5.82 Å². The van der Waals surface area contributed by atoms with Crippen LogP contribution < -0.4 is 11.3 Å². The number of anilines is 1. The first-order chi connectivity index (χ1) is 8.65. The molecule has 1 aromatic rings. The molecule has 2 rings (SSSR count). The number of carbonyl (C=O) groups excluding carboxylic acids is 1. The number of rotatable bonds is 2. The minimum Gasteiger partial charge on any atom is -0.336 e. The molecule has 1 aliphatic rings. The molecule has 5 nitrogen and oxygen atoms in total. The van der Waals surface area contributed by atoms with E-state index in [1.807, 2.05) is 4.90 Å². The second kappa shape index (κ2) is 5.35. The summed E-state index contributed by atoms with van der Waals surface area (Å²) in [7, 11) is 0. The van der Waals surface area contributed by atoms with Gasteiger partial charge in [-0.05, 0) is 37.8 Å². The quantitative estimate of drug-likeness (QED) is 0.616. The number of aromatic nitrogens is 1. The lowest BCUT2D eigenvalue weighted by atomic mass is 9.91. The first kappa shape index (κ1) is 12.8. The van der Waals surface area contributed by atoms with Gasteiger partial charge in [0.2, 0.25) is 0 Å². The number of likely N-dealkylation sites (tertiary alicyclic amines) is 1. The summed E-state index contributed by atoms with van der Waals surface area (Å²) in [5.74, 6) is 6.38. The monoisotopic (exact) mass is 248 g/mol. The van der Waals surface area contributed by atoms with Gasteiger partial charge in [0.05, 0.1) is 5.56 Å². The molecule has 0 saturated carbocycles. The molecule has 0 aromatic carbocycles. The topological polar surface area (TPSA) is 71.2 Å². The van der Waals surface area contributed by atoms with E-state index in [0.717, 1.165) is 13.0 Å². The molecular weight excluding hydrogens is 228 g/mol. The molecule has 1 fully saturated rings. The zero-order valence-electron chi connectivity index (χ0n) is 10.9. The van der Waals surface area contributed by atoms with Crippen molar-refractivity contribution >= 4 is 11.7 Å². The summed E-state index contributed by atoms with van der Waals surface area (Å²) in [6.45, 7) is 5.10. The number of nitrogens with zero attached hydrogens (tertiary/aromatic N) is 2. The molecule has 3 N–H and O–H groups in total. The van der Waals surface area contributed by atoms with Crippen LogP contribution in [0.25, 0.3) is 0 Å². The standard InChI is InChI=1S/C13H20N4O/c1-9-5-4-8-17(10(9)2)13(18)11-6-3-7-15-12(11)16-14/h3,6-7,9-10H,4-5,8,14H2,1-2H3,(H,15,16). The number of nitrogens with one attached hydrogen (secondary N) is 1. The van der Waals surface area contributed by atoms with Crippen molar-refractivity contribution in [3.63, 3.8) is 0 Å². The van der Waals surface area contributed by atoms with Crippen LogP contribution in [-0.2, 0) is 0 Å². The highest BCUT2D eigenvalue weighted by Crippen LogP contribution is 2.25. The van der Waals surface area contributed by atoms with Crippen LogP contribution in [0.3, 0.4) is 0 Å². The second-order valence-electron chi connectivity index (χ2n) is 4.90. The number of amides is 1. The van der Waals surface area contributed by atoms with E-state index in [1.165, 1.54) is 6.42 Å². The normalized spacial score (nSPS) is 23.8. The van der Waals surface area contributed by atoms with Crippen molar-refractivity contribution in [2.24, 2.45) is 11.8 Å². The van der Waals surface area contributed by atoms with E-state index in [9.17, 15) is 4.79 Å². The van der Waals surface area contributed by atoms with Crippen LogP contribution in [-0.4, -0.2) is 28.4 Å². The minimum atomic E-state index is 0.00935. The fourth-order valence-corrected chi connectivity index (χ4v) is 2.47. The number of carbonyl (C=O) groups is 1. The Morgan fingerprint density at radius 3 is 3.06 bits per heavy atom. The number of hydrogen-bond acceptors (Lipinski definition) is 4. The van der Waals surface area contributed by atoms with Crippen LogP contribution in [0.5, 0.6) is 0 Å². The Morgan fingerprint density at radius 1 is 1.56 bits per heavy atom. The highest BCUT2D eigenvalue weighted by atomic mass is 16.2. The summed E-state index contributed by atoms with van der Waals surface area (Å²) < 4.78 is 0. The Labute approximate surface area is 107 Å². The zero-order chi connectivity index (χ0) is 13.1. The highest BCUT2D eigenvalue weighted by Gasteiger charge is 2.30. The molecule has 1 aromatic heterocycles. The fraction of sp³-hybridized carbons (Fsp3) is 0.538. The summed E-state index contributed by atoms with van der Waals surface area (Å²) in [6, 6.07) is 3.78. The Kier molecular flexibility index (Phi) is 3.81. The second-order valence-corrected chi connectivity index (χ2v) is 4.90. The van der Waals surface area contributed by atoms with Crippen molar-refractivity contribution in [1.29, 1.82) is 0 Å². The van der Waals surface area contributed by atoms with Crippen LogP contribution in [0.2, 0.25) is 0 Å². The van der Waals surface area contributed by atoms with Gasteiger partial charge in [0.1, 0.15) is 0 Å². The molecule has 2 unspecified atom stereocenters. The highest BCUT2D eigenvalue weighted by molar-refractivity contribution is 5.98. The molecule has 1 aliphatic heterocycles. The molecule has 5 heteroatoms. The molecule has 1 amide bonds. The van der Waals surface area contributed by atoms with Gasteiger partial charge in [-0.25, -0.2) is 10.8 Å². The van der Waals surface area contributed by atoms with Crippen molar-refractivity contribution in [3.8, 4) is 0 Å². The summed E-state index contributed by atoms with van der Waals surface area (Å²) in [5.41, 5.74) is 3.03. The number of hydrogen-bond donors (Lipinski definition) is 2. The third-order valence-electron chi connectivity index (χ3n) is 3.81. The van der Waals surface area contributed by atoms with E-state index in [2.05, 4.69) is 24.3 Å². The van der Waals surface area contributed by atoms with Crippen molar-refractivity contribution in [3.05, 3.63) is 23.9 Å². The lowest BCUT2D eigenvalue weighted by molar-refractivity contribution is 0.0551. The van der Waals surface area contributed by atoms with E-state index < -0.39 is 0 Å².